The number of benzene rings is 3. The molecule has 3 aromatic carbocycles. The molecule has 0 amide bonds. The van der Waals surface area contributed by atoms with Gasteiger partial charge in [0.25, 0.3) is 16.7 Å². The third kappa shape index (κ3) is 14.5. The van der Waals surface area contributed by atoms with Crippen molar-refractivity contribution in [1.82, 2.24) is 88.5 Å². The molecule has 24 nitrogen and oxygen atoms in total. The normalized spacial score (nSPS) is 15.4. The molecule has 1 saturated carbocycles. The number of pyridine rings is 3. The maximum atomic E-state index is 13.4. The molecule has 3 aliphatic heterocycles. The summed E-state index contributed by atoms with van der Waals surface area (Å²) in [5.74, 6) is 1.39. The largest absolute Gasteiger partial charge is 0.324 e. The molecule has 24 heteroatoms. The SMILES string of the molecule is CC(C)n1c(=O)c2cnc(Nc3ccc4c(c3)CCN(C)C4)nc2n1-c1ccnc(C(C)(C)C)c1.CC(C)n1c(=O)c2cnc(Nc3ccc4c(c3)CCNC4(C)C)nc2n1-c1ccnc(C(C)(C)C)c1.CC(C)n1c(=O)c2cnc(Nc3ccc4c(c3)CCNC43CC3)nc2n1-c1ccnc(C(C)(C)C)c1. The van der Waals surface area contributed by atoms with Gasteiger partial charge in [0.1, 0.15) is 16.2 Å². The van der Waals surface area contributed by atoms with Crippen molar-refractivity contribution in [2.45, 2.75) is 202 Å². The first-order valence-corrected chi connectivity index (χ1v) is 37.5. The molecule has 0 radical (unpaired) electrons. The molecule has 556 valence electrons. The van der Waals surface area contributed by atoms with Crippen molar-refractivity contribution in [3.05, 3.63) is 210 Å². The van der Waals surface area contributed by atoms with Gasteiger partial charge in [0.15, 0.2) is 16.9 Å². The van der Waals surface area contributed by atoms with Crippen LogP contribution in [0.25, 0.3) is 50.2 Å². The molecule has 4 aliphatic rings. The summed E-state index contributed by atoms with van der Waals surface area (Å²) in [6.45, 7) is 39.6. The van der Waals surface area contributed by atoms with E-state index < -0.39 is 0 Å². The summed E-state index contributed by atoms with van der Waals surface area (Å²) in [5, 5.41) is 18.8. The Morgan fingerprint density at radius 2 is 0.794 bits per heavy atom. The summed E-state index contributed by atoms with van der Waals surface area (Å²) in [6.07, 6.45) is 15.7. The highest BCUT2D eigenvalue weighted by Gasteiger charge is 2.46. The van der Waals surface area contributed by atoms with Crippen molar-refractivity contribution < 1.29 is 0 Å². The fraction of sp³-hybridized carbons (Fsp3) is 0.422. The number of fused-ring (bicyclic) bond motifs is 7. The summed E-state index contributed by atoms with van der Waals surface area (Å²) in [7, 11) is 2.15. The lowest BCUT2D eigenvalue weighted by molar-refractivity contribution is 0.313. The van der Waals surface area contributed by atoms with E-state index in [4.69, 9.17) is 15.0 Å². The number of nitrogens with zero attached hydrogens (tertiary/aromatic N) is 16. The van der Waals surface area contributed by atoms with Crippen LogP contribution in [0.2, 0.25) is 0 Å². The minimum atomic E-state index is -0.125. The molecule has 12 heterocycles. The van der Waals surface area contributed by atoms with Gasteiger partial charge in [-0.3, -0.25) is 29.3 Å². The van der Waals surface area contributed by atoms with Crippen molar-refractivity contribution in [3.63, 3.8) is 0 Å². The summed E-state index contributed by atoms with van der Waals surface area (Å²) >= 11 is 0. The Labute approximate surface area is 624 Å². The van der Waals surface area contributed by atoms with Gasteiger partial charge in [0.2, 0.25) is 17.8 Å². The second kappa shape index (κ2) is 28.0. The Balaban J connectivity index is 0.000000135. The Hall–Kier alpha value is -10.6. The number of hydrogen-bond donors (Lipinski definition) is 5. The number of rotatable bonds is 12. The average molecular weight is 1440 g/mol. The van der Waals surface area contributed by atoms with Crippen molar-refractivity contribution >= 4 is 68.0 Å². The Kier molecular flexibility index (Phi) is 19.2. The molecule has 9 aromatic heterocycles. The van der Waals surface area contributed by atoms with Gasteiger partial charge < -0.3 is 31.5 Å². The molecule has 5 N–H and O–H groups in total. The van der Waals surface area contributed by atoms with Crippen LogP contribution in [0.5, 0.6) is 0 Å². The highest BCUT2D eigenvalue weighted by Crippen LogP contribution is 2.49. The average Bonchev–Trinajstić information content (AvgIpc) is 1.62. The molecule has 12 aromatic rings. The van der Waals surface area contributed by atoms with Crippen molar-refractivity contribution in [2.75, 3.05) is 42.6 Å². The highest BCUT2D eigenvalue weighted by molar-refractivity contribution is 5.80. The summed E-state index contributed by atoms with van der Waals surface area (Å²) in [4.78, 5) is 84.0. The van der Waals surface area contributed by atoms with Crippen LogP contribution in [0.1, 0.15) is 199 Å². The zero-order valence-electron chi connectivity index (χ0n) is 65.1. The van der Waals surface area contributed by atoms with E-state index in [0.717, 1.165) is 96.6 Å². The zero-order chi connectivity index (χ0) is 76.0. The number of anilines is 6. The molecule has 1 spiro atoms. The Bertz CT molecular complexity index is 5370. The van der Waals surface area contributed by atoms with Crippen LogP contribution in [0, 0.1) is 0 Å². The summed E-state index contributed by atoms with van der Waals surface area (Å²) < 4.78 is 10.9. The van der Waals surface area contributed by atoms with Crippen LogP contribution < -0.4 is 43.3 Å². The van der Waals surface area contributed by atoms with Crippen LogP contribution in [-0.2, 0) is 53.1 Å². The quantitative estimate of drug-likeness (QED) is 0.0761. The van der Waals surface area contributed by atoms with E-state index in [1.165, 1.54) is 46.2 Å². The van der Waals surface area contributed by atoms with Gasteiger partial charge in [-0.2, -0.15) is 15.0 Å². The summed E-state index contributed by atoms with van der Waals surface area (Å²) in [6, 6.07) is 31.1. The first-order chi connectivity index (χ1) is 50.7. The van der Waals surface area contributed by atoms with E-state index in [-0.39, 0.29) is 62.1 Å². The van der Waals surface area contributed by atoms with E-state index in [2.05, 4.69) is 199 Å². The van der Waals surface area contributed by atoms with E-state index in [0.29, 0.717) is 50.9 Å². The van der Waals surface area contributed by atoms with Crippen LogP contribution in [-0.4, -0.2) is 105 Å². The second-order valence-corrected chi connectivity index (χ2v) is 33.6. The number of nitrogens with one attached hydrogen (secondary N) is 5. The third-order valence-corrected chi connectivity index (χ3v) is 20.8. The highest BCUT2D eigenvalue weighted by atomic mass is 16.1. The van der Waals surface area contributed by atoms with E-state index >= 15 is 0 Å². The maximum absolute atomic E-state index is 13.4. The van der Waals surface area contributed by atoms with Crippen molar-refractivity contribution in [2.24, 2.45) is 0 Å². The van der Waals surface area contributed by atoms with Gasteiger partial charge in [0.05, 0.1) is 17.1 Å². The van der Waals surface area contributed by atoms with Crippen LogP contribution in [0.4, 0.5) is 34.9 Å². The number of hydrogen-bond acceptors (Lipinski definition) is 18. The molecule has 0 saturated heterocycles. The molecule has 1 fully saturated rings. The fourth-order valence-electron chi connectivity index (χ4n) is 14.9. The van der Waals surface area contributed by atoms with Gasteiger partial charge in [-0.1, -0.05) is 80.5 Å². The number of likely N-dealkylation sites (N-methyl/N-ethyl adjacent to an activating group) is 1. The molecule has 0 unspecified atom stereocenters. The standard InChI is InChI=1S/C28H33N7O.C28H35N7O.C27H33N7O/c1-17(2)34-25(36)21-16-30-26(32-19-6-7-22-18(14-19)8-13-31-28(22)10-11-28)33-24(21)35(34)20-9-12-29-23(15-20)27(3,4)5;1-17(2)34-25(36)21-16-30-26(32-19-8-9-22-18(14-19)10-13-31-28(22,6)7)33-24(21)35(34)20-11-12-29-23(15-20)27(3,4)5;1-17(2)33-25(35)22-15-29-26(30-20-8-7-19-16-32(6)12-10-18(19)13-20)31-24(22)34(33)21-9-11-28-23(14-21)27(3,4)5/h6-7,9,12,14-17,31H,8,10-11,13H2,1-5H3,(H,30,32,33);8-9,11-12,14-17,31H,10,13H2,1-7H3,(H,30,32,33);7-9,11,13-15,17H,10,12,16H2,1-6H3,(H,29,30,31). The first kappa shape index (κ1) is 73.3. The smallest absolute Gasteiger partial charge is 0.278 e. The lowest BCUT2D eigenvalue weighted by Crippen LogP contribution is -2.42. The molecular weight excluding hydrogens is 1340 g/mol. The van der Waals surface area contributed by atoms with Crippen LogP contribution in [0.3, 0.4) is 0 Å². The van der Waals surface area contributed by atoms with Crippen molar-refractivity contribution in [1.29, 1.82) is 0 Å². The van der Waals surface area contributed by atoms with Gasteiger partial charge in [0, 0.05) is 136 Å². The van der Waals surface area contributed by atoms with E-state index in [1.807, 2.05) is 92.0 Å². The minimum Gasteiger partial charge on any atom is -0.324 e. The molecule has 107 heavy (non-hydrogen) atoms. The predicted octanol–water partition coefficient (Wildman–Crippen LogP) is 14.3. The van der Waals surface area contributed by atoms with Crippen molar-refractivity contribution in [3.8, 4) is 17.1 Å². The van der Waals surface area contributed by atoms with Gasteiger partial charge in [-0.15, -0.1) is 0 Å². The Morgan fingerprint density at radius 3 is 1.18 bits per heavy atom. The molecule has 1 aliphatic carbocycles. The molecular formula is C83H101N21O3. The third-order valence-electron chi connectivity index (χ3n) is 20.8. The van der Waals surface area contributed by atoms with Gasteiger partial charge in [-0.05, 0) is 207 Å². The zero-order valence-corrected chi connectivity index (χ0v) is 65.1. The lowest BCUT2D eigenvalue weighted by atomic mass is 9.85. The fourth-order valence-corrected chi connectivity index (χ4v) is 14.9. The molecule has 16 rings (SSSR count). The second-order valence-electron chi connectivity index (χ2n) is 33.6. The van der Waals surface area contributed by atoms with Gasteiger partial charge >= 0.3 is 0 Å². The molecule has 0 atom stereocenters. The molecule has 0 bridgehead atoms. The predicted molar refractivity (Wildman–Crippen MR) is 427 cm³/mol. The number of aromatic nitrogens is 15. The Morgan fingerprint density at radius 1 is 0.430 bits per heavy atom. The summed E-state index contributed by atoms with van der Waals surface area (Å²) in [5.41, 5.74) is 17.6. The first-order valence-electron chi connectivity index (χ1n) is 37.5. The van der Waals surface area contributed by atoms with E-state index in [1.54, 1.807) is 51.2 Å². The lowest BCUT2D eigenvalue weighted by Gasteiger charge is -2.34. The minimum absolute atomic E-state index is 0.0478. The van der Waals surface area contributed by atoms with Crippen LogP contribution >= 0.6 is 0 Å². The van der Waals surface area contributed by atoms with E-state index in [9.17, 15) is 14.4 Å². The maximum Gasteiger partial charge on any atom is 0.278 e. The van der Waals surface area contributed by atoms with Crippen LogP contribution in [0.15, 0.2) is 143 Å². The monoisotopic (exact) mass is 1440 g/mol. The van der Waals surface area contributed by atoms with Gasteiger partial charge in [-0.25, -0.2) is 43.0 Å². The topological polar surface area (TPSA) is 260 Å².